The Morgan fingerprint density at radius 2 is 1.90 bits per heavy atom. The largest absolute Gasteiger partial charge is 0.495 e. The number of ether oxygens (including phenoxy) is 1. The molecule has 8 nitrogen and oxygen atoms in total. The molecule has 1 aliphatic carbocycles. The van der Waals surface area contributed by atoms with Crippen LogP contribution in [-0.4, -0.2) is 73.0 Å². The van der Waals surface area contributed by atoms with E-state index in [1.54, 1.807) is 12.0 Å². The van der Waals surface area contributed by atoms with Gasteiger partial charge in [-0.3, -0.25) is 14.5 Å². The number of anilines is 1. The van der Waals surface area contributed by atoms with E-state index in [-0.39, 0.29) is 24.3 Å². The zero-order valence-electron chi connectivity index (χ0n) is 17.7. The maximum absolute atomic E-state index is 13.1. The molecule has 1 spiro atoms. The van der Waals surface area contributed by atoms with Gasteiger partial charge in [-0.05, 0) is 30.9 Å². The second kappa shape index (κ2) is 8.16. The molecule has 2 heterocycles. The Morgan fingerprint density at radius 3 is 2.60 bits per heavy atom. The van der Waals surface area contributed by atoms with Gasteiger partial charge in [-0.2, -0.15) is 0 Å². The summed E-state index contributed by atoms with van der Waals surface area (Å²) in [7, 11) is 1.65. The van der Waals surface area contributed by atoms with Gasteiger partial charge in [0.2, 0.25) is 5.91 Å². The van der Waals surface area contributed by atoms with Crippen LogP contribution in [0.3, 0.4) is 0 Å². The number of piperazine rings is 1. The number of rotatable bonds is 4. The van der Waals surface area contributed by atoms with Gasteiger partial charge in [-0.15, -0.1) is 0 Å². The van der Waals surface area contributed by atoms with Crippen LogP contribution in [0.1, 0.15) is 32.6 Å². The number of carbonyl (C=O) groups is 3. The van der Waals surface area contributed by atoms with Crippen LogP contribution in [0.4, 0.5) is 10.5 Å². The Bertz CT molecular complexity index is 836. The molecule has 0 aromatic heterocycles. The number of nitrogens with one attached hydrogen (secondary N) is 1. The topological polar surface area (TPSA) is 82.2 Å². The first-order valence-corrected chi connectivity index (χ1v) is 10.8. The molecular weight excluding hydrogens is 384 g/mol. The van der Waals surface area contributed by atoms with Gasteiger partial charge in [-0.1, -0.05) is 31.9 Å². The maximum Gasteiger partial charge on any atom is 0.325 e. The number of urea groups is 1. The molecule has 2 atom stereocenters. The van der Waals surface area contributed by atoms with E-state index in [9.17, 15) is 14.4 Å². The molecule has 0 radical (unpaired) electrons. The van der Waals surface area contributed by atoms with Gasteiger partial charge in [0, 0.05) is 26.2 Å². The molecular formula is C22H30N4O4. The standard InChI is InChI=1S/C22H30N4O4/c1-16-7-5-6-10-22(16)20(28)26(21(29)23-22)15-19(27)25-13-11-24(12-14-25)17-8-3-4-9-18(17)30-2/h3-4,8-9,16H,5-7,10-15H2,1-2H3,(H,23,29)/t16-,22+/m1/s1. The van der Waals surface area contributed by atoms with Crippen LogP contribution in [0.5, 0.6) is 5.75 Å². The van der Waals surface area contributed by atoms with Crippen molar-refractivity contribution in [2.75, 3.05) is 44.7 Å². The molecule has 1 aromatic carbocycles. The fraction of sp³-hybridized carbons (Fsp3) is 0.591. The third-order valence-corrected chi connectivity index (χ3v) is 6.85. The summed E-state index contributed by atoms with van der Waals surface area (Å²) in [6, 6.07) is 7.39. The molecule has 0 bridgehead atoms. The highest BCUT2D eigenvalue weighted by Crippen LogP contribution is 2.38. The van der Waals surface area contributed by atoms with Gasteiger partial charge in [0.1, 0.15) is 17.8 Å². The lowest BCUT2D eigenvalue weighted by Crippen LogP contribution is -2.55. The number of carbonyl (C=O) groups excluding carboxylic acids is 3. The Labute approximate surface area is 177 Å². The van der Waals surface area contributed by atoms with Crippen molar-refractivity contribution in [3.05, 3.63) is 24.3 Å². The third-order valence-electron chi connectivity index (χ3n) is 6.85. The molecule has 3 aliphatic rings. The third kappa shape index (κ3) is 3.48. The Hall–Kier alpha value is -2.77. The predicted molar refractivity (Wildman–Crippen MR) is 112 cm³/mol. The molecule has 0 unspecified atom stereocenters. The normalized spacial score (nSPS) is 26.9. The minimum Gasteiger partial charge on any atom is -0.495 e. The van der Waals surface area contributed by atoms with E-state index in [1.807, 2.05) is 31.2 Å². The lowest BCUT2D eigenvalue weighted by Gasteiger charge is -2.38. The zero-order valence-corrected chi connectivity index (χ0v) is 17.7. The lowest BCUT2D eigenvalue weighted by molar-refractivity contribution is -0.140. The van der Waals surface area contributed by atoms with Crippen molar-refractivity contribution in [2.45, 2.75) is 38.1 Å². The van der Waals surface area contributed by atoms with Crippen LogP contribution in [0.25, 0.3) is 0 Å². The number of benzene rings is 1. The molecule has 162 valence electrons. The highest BCUT2D eigenvalue weighted by molar-refractivity contribution is 6.09. The molecule has 1 N–H and O–H groups in total. The average molecular weight is 415 g/mol. The van der Waals surface area contributed by atoms with E-state index in [0.717, 1.165) is 35.6 Å². The molecule has 30 heavy (non-hydrogen) atoms. The number of hydrogen-bond donors (Lipinski definition) is 1. The molecule has 2 aliphatic heterocycles. The minimum absolute atomic E-state index is 0.0900. The van der Waals surface area contributed by atoms with Crippen LogP contribution in [0.2, 0.25) is 0 Å². The van der Waals surface area contributed by atoms with Crippen LogP contribution < -0.4 is 15.0 Å². The van der Waals surface area contributed by atoms with Crippen LogP contribution in [0, 0.1) is 5.92 Å². The van der Waals surface area contributed by atoms with Gasteiger partial charge >= 0.3 is 6.03 Å². The smallest absolute Gasteiger partial charge is 0.325 e. The number of methoxy groups -OCH3 is 1. The van der Waals surface area contributed by atoms with Gasteiger partial charge < -0.3 is 19.9 Å². The van der Waals surface area contributed by atoms with E-state index >= 15 is 0 Å². The van der Waals surface area contributed by atoms with Gasteiger partial charge in [0.05, 0.1) is 12.8 Å². The highest BCUT2D eigenvalue weighted by Gasteiger charge is 2.55. The van der Waals surface area contributed by atoms with Crippen molar-refractivity contribution in [1.82, 2.24) is 15.1 Å². The first-order valence-electron chi connectivity index (χ1n) is 10.8. The number of imide groups is 1. The molecule has 4 rings (SSSR count). The van der Waals surface area contributed by atoms with Crippen molar-refractivity contribution in [3.63, 3.8) is 0 Å². The van der Waals surface area contributed by atoms with E-state index in [1.165, 1.54) is 0 Å². The summed E-state index contributed by atoms with van der Waals surface area (Å²) < 4.78 is 5.44. The van der Waals surface area contributed by atoms with Crippen LogP contribution in [0.15, 0.2) is 24.3 Å². The fourth-order valence-electron chi connectivity index (χ4n) is 4.96. The van der Waals surface area contributed by atoms with Gasteiger partial charge in [0.15, 0.2) is 0 Å². The molecule has 4 amide bonds. The summed E-state index contributed by atoms with van der Waals surface area (Å²) >= 11 is 0. The molecule has 2 saturated heterocycles. The monoisotopic (exact) mass is 414 g/mol. The quantitative estimate of drug-likeness (QED) is 0.761. The number of para-hydroxylation sites is 2. The summed E-state index contributed by atoms with van der Waals surface area (Å²) in [5.74, 6) is 0.482. The minimum atomic E-state index is -0.821. The summed E-state index contributed by atoms with van der Waals surface area (Å²) in [5.41, 5.74) is 0.187. The summed E-state index contributed by atoms with van der Waals surface area (Å²) in [5, 5.41) is 2.91. The van der Waals surface area contributed by atoms with Crippen LogP contribution in [-0.2, 0) is 9.59 Å². The summed E-state index contributed by atoms with van der Waals surface area (Å²) in [6.07, 6.45) is 3.56. The highest BCUT2D eigenvalue weighted by atomic mass is 16.5. The van der Waals surface area contributed by atoms with Gasteiger partial charge in [0.25, 0.3) is 5.91 Å². The van der Waals surface area contributed by atoms with Crippen molar-refractivity contribution in [3.8, 4) is 5.75 Å². The van der Waals surface area contributed by atoms with Crippen molar-refractivity contribution < 1.29 is 19.1 Å². The molecule has 8 heteroatoms. The van der Waals surface area contributed by atoms with Crippen molar-refractivity contribution >= 4 is 23.5 Å². The first-order chi connectivity index (χ1) is 14.5. The number of hydrogen-bond acceptors (Lipinski definition) is 5. The average Bonchev–Trinajstić information content (AvgIpc) is 3.00. The van der Waals surface area contributed by atoms with E-state index in [2.05, 4.69) is 10.2 Å². The molecule has 1 aromatic rings. The predicted octanol–water partition coefficient (Wildman–Crippen LogP) is 1.84. The Balaban J connectivity index is 1.37. The lowest BCUT2D eigenvalue weighted by atomic mass is 9.73. The number of amides is 4. The number of nitrogens with zero attached hydrogens (tertiary/aromatic N) is 3. The summed E-state index contributed by atoms with van der Waals surface area (Å²) in [4.78, 5) is 43.5. The first kappa shape index (κ1) is 20.5. The van der Waals surface area contributed by atoms with Gasteiger partial charge in [-0.25, -0.2) is 4.79 Å². The maximum atomic E-state index is 13.1. The second-order valence-corrected chi connectivity index (χ2v) is 8.48. The fourth-order valence-corrected chi connectivity index (χ4v) is 4.96. The zero-order chi connectivity index (χ0) is 21.3. The van der Waals surface area contributed by atoms with E-state index in [0.29, 0.717) is 32.6 Å². The van der Waals surface area contributed by atoms with E-state index < -0.39 is 11.6 Å². The van der Waals surface area contributed by atoms with Crippen molar-refractivity contribution in [2.24, 2.45) is 5.92 Å². The van der Waals surface area contributed by atoms with E-state index in [4.69, 9.17) is 4.74 Å². The Morgan fingerprint density at radius 1 is 1.17 bits per heavy atom. The van der Waals surface area contributed by atoms with Crippen molar-refractivity contribution in [1.29, 1.82) is 0 Å². The second-order valence-electron chi connectivity index (χ2n) is 8.48. The Kier molecular flexibility index (Phi) is 5.58. The van der Waals surface area contributed by atoms with Crippen LogP contribution >= 0.6 is 0 Å². The molecule has 1 saturated carbocycles. The molecule has 3 fully saturated rings. The summed E-state index contributed by atoms with van der Waals surface area (Å²) in [6.45, 7) is 4.26. The SMILES string of the molecule is COc1ccccc1N1CCN(C(=O)CN2C(=O)N[C@]3(CCCC[C@H]3C)C2=O)CC1.